The van der Waals surface area contributed by atoms with Gasteiger partial charge in [0.15, 0.2) is 5.82 Å². The smallest absolute Gasteiger partial charge is 0.295 e. The third-order valence-corrected chi connectivity index (χ3v) is 11.9. The van der Waals surface area contributed by atoms with Crippen molar-refractivity contribution in [1.82, 2.24) is 35.2 Å². The number of hydrogen-bond acceptors (Lipinski definition) is 22. The van der Waals surface area contributed by atoms with E-state index in [1.54, 1.807) is 30.3 Å². The summed E-state index contributed by atoms with van der Waals surface area (Å²) in [6.45, 7) is -1.12. The van der Waals surface area contributed by atoms with Crippen molar-refractivity contribution in [3.05, 3.63) is 108 Å². The summed E-state index contributed by atoms with van der Waals surface area (Å²) in [6.07, 6.45) is 3.05. The summed E-state index contributed by atoms with van der Waals surface area (Å²) >= 11 is 0. The Morgan fingerprint density at radius 3 is 1.38 bits per heavy atom. The molecule has 1 unspecified atom stereocenters. The normalized spacial score (nSPS) is 12.5. The van der Waals surface area contributed by atoms with Gasteiger partial charge in [0.1, 0.15) is 4.90 Å². The van der Waals surface area contributed by atoms with Gasteiger partial charge in [-0.05, 0) is 83.9 Å². The number of aliphatic hydroxyl groups excluding tert-OH is 4. The van der Waals surface area contributed by atoms with Crippen LogP contribution in [0.2, 0.25) is 0 Å². The van der Waals surface area contributed by atoms with E-state index < -0.39 is 47.9 Å². The van der Waals surface area contributed by atoms with Gasteiger partial charge in [0, 0.05) is 42.4 Å². The molecule has 0 saturated heterocycles. The molecule has 2 heterocycles. The monoisotopic (exact) mass is 996 g/mol. The van der Waals surface area contributed by atoms with E-state index in [4.69, 9.17) is 0 Å². The van der Waals surface area contributed by atoms with Crippen LogP contribution >= 0.6 is 0 Å². The molecule has 4 aromatic carbocycles. The average Bonchev–Trinajstić information content (AvgIpc) is 3.28. The lowest BCUT2D eigenvalue weighted by molar-refractivity contribution is 0.223. The number of aliphatic hydroxyl groups is 4. The van der Waals surface area contributed by atoms with Crippen molar-refractivity contribution < 1.29 is 59.3 Å². The number of aromatic nitrogens is 6. The summed E-state index contributed by atoms with van der Waals surface area (Å²) in [5.74, 6) is -0.0929. The average molecular weight is 997 g/mol. The van der Waals surface area contributed by atoms with Crippen molar-refractivity contribution in [1.29, 1.82) is 0 Å². The predicted molar refractivity (Wildman–Crippen MR) is 248 cm³/mol. The Labute approximate surface area is 389 Å². The van der Waals surface area contributed by atoms with E-state index in [9.17, 15) is 59.3 Å². The Morgan fingerprint density at radius 2 is 0.956 bits per heavy atom. The van der Waals surface area contributed by atoms with Crippen molar-refractivity contribution in [3.63, 3.8) is 0 Å². The molecule has 6 rings (SSSR count). The second kappa shape index (κ2) is 22.3. The van der Waals surface area contributed by atoms with Crippen LogP contribution in [0.25, 0.3) is 12.2 Å². The first-order valence-electron chi connectivity index (χ1n) is 19.9. The first kappa shape index (κ1) is 50.6. The lowest BCUT2D eigenvalue weighted by Gasteiger charge is -2.21. The molecule has 0 bridgehead atoms. The van der Waals surface area contributed by atoms with Crippen LogP contribution in [0, 0.1) is 0 Å². The number of hydrogen-bond donors (Lipinski definition) is 12. The van der Waals surface area contributed by atoms with Crippen molar-refractivity contribution >= 4 is 95.0 Å². The zero-order valence-electron chi connectivity index (χ0n) is 35.3. The molecule has 0 spiro atoms. The first-order chi connectivity index (χ1) is 32.3. The van der Waals surface area contributed by atoms with Crippen LogP contribution in [0.3, 0.4) is 0 Å². The summed E-state index contributed by atoms with van der Waals surface area (Å²) in [5.41, 5.74) is 1.97. The van der Waals surface area contributed by atoms with E-state index >= 15 is 0 Å². The van der Waals surface area contributed by atoms with Crippen molar-refractivity contribution in [2.24, 2.45) is 0 Å². The first-order valence-corrected chi connectivity index (χ1v) is 24.2. The fraction of sp³-hybridized carbons (Fsp3) is 0.200. The summed E-state index contributed by atoms with van der Waals surface area (Å²) in [5, 5.41) is 53.2. The van der Waals surface area contributed by atoms with Gasteiger partial charge in [0.2, 0.25) is 29.7 Å². The highest BCUT2D eigenvalue weighted by Gasteiger charge is 2.20. The molecule has 12 N–H and O–H groups in total. The highest BCUT2D eigenvalue weighted by molar-refractivity contribution is 7.86. The zero-order valence-corrected chi connectivity index (χ0v) is 37.7. The summed E-state index contributed by atoms with van der Waals surface area (Å²) < 4.78 is 100. The minimum atomic E-state index is -4.83. The predicted octanol–water partition coefficient (Wildman–Crippen LogP) is 2.35. The van der Waals surface area contributed by atoms with E-state index in [0.717, 1.165) is 18.2 Å². The minimum Gasteiger partial charge on any atom is -0.395 e. The van der Waals surface area contributed by atoms with Gasteiger partial charge in [0.25, 0.3) is 30.4 Å². The highest BCUT2D eigenvalue weighted by Crippen LogP contribution is 2.27. The SMILES string of the molecule is O=S(=O)(O)c1ccc(Nc2nc(Nc3ccc(C=Cc4ccc(Nc5nc(Nc6ccc(S(=O)(=O)O)cc6)nc(N(CCO)CCO)n5)cc4)c(S(=O)(=O)O)c3)nc(C(CO)NCCO)n2)cc1. The second-order valence-corrected chi connectivity index (χ2v) is 18.4. The topological polar surface area (TPSA) is 385 Å². The van der Waals surface area contributed by atoms with E-state index in [1.807, 2.05) is 0 Å². The van der Waals surface area contributed by atoms with Gasteiger partial charge in [0.05, 0.1) is 42.3 Å². The molecule has 0 radical (unpaired) electrons. The van der Waals surface area contributed by atoms with Gasteiger partial charge in [-0.2, -0.15) is 55.2 Å². The molecular formula is C40H44N12O13S3. The van der Waals surface area contributed by atoms with Crippen LogP contribution in [0.5, 0.6) is 0 Å². The Balaban J connectivity index is 1.22. The Kier molecular flexibility index (Phi) is 16.6. The fourth-order valence-corrected chi connectivity index (χ4v) is 7.75. The maximum absolute atomic E-state index is 12.7. The molecule has 360 valence electrons. The summed E-state index contributed by atoms with van der Waals surface area (Å²) in [6, 6.07) is 19.9. The molecule has 2 aromatic heterocycles. The van der Waals surface area contributed by atoms with Crippen molar-refractivity contribution in [3.8, 4) is 0 Å². The van der Waals surface area contributed by atoms with Crippen LogP contribution in [-0.2, 0) is 30.4 Å². The van der Waals surface area contributed by atoms with E-state index in [0.29, 0.717) is 22.6 Å². The van der Waals surface area contributed by atoms with Crippen LogP contribution in [0.15, 0.2) is 106 Å². The molecule has 0 saturated carbocycles. The third-order valence-electron chi connectivity index (χ3n) is 9.28. The minimum absolute atomic E-state index is 0.00180. The molecule has 0 aliphatic rings. The summed E-state index contributed by atoms with van der Waals surface area (Å²) in [4.78, 5) is 26.5. The van der Waals surface area contributed by atoms with Gasteiger partial charge in [-0.1, -0.05) is 30.4 Å². The molecule has 0 fully saturated rings. The highest BCUT2D eigenvalue weighted by atomic mass is 32.2. The number of benzene rings is 4. The van der Waals surface area contributed by atoms with E-state index in [-0.39, 0.29) is 96.1 Å². The van der Waals surface area contributed by atoms with E-state index in [2.05, 4.69) is 56.5 Å². The Bertz CT molecular complexity index is 3060. The van der Waals surface area contributed by atoms with Crippen LogP contribution in [0.4, 0.5) is 52.5 Å². The molecule has 28 heteroatoms. The fourth-order valence-electron chi connectivity index (χ4n) is 6.08. The Morgan fingerprint density at radius 1 is 0.515 bits per heavy atom. The number of rotatable bonds is 23. The molecule has 1 atom stereocenters. The second-order valence-electron chi connectivity index (χ2n) is 14.2. The lowest BCUT2D eigenvalue weighted by atomic mass is 10.1. The van der Waals surface area contributed by atoms with Crippen molar-refractivity contribution in [2.75, 3.05) is 72.2 Å². The quantitative estimate of drug-likeness (QED) is 0.0324. The molecule has 25 nitrogen and oxygen atoms in total. The maximum atomic E-state index is 12.7. The summed E-state index contributed by atoms with van der Waals surface area (Å²) in [7, 11) is -13.7. The van der Waals surface area contributed by atoms with Crippen LogP contribution < -0.4 is 31.5 Å². The largest absolute Gasteiger partial charge is 0.395 e. The molecule has 68 heavy (non-hydrogen) atoms. The van der Waals surface area contributed by atoms with Crippen molar-refractivity contribution in [2.45, 2.75) is 20.7 Å². The van der Waals surface area contributed by atoms with Gasteiger partial charge in [-0.15, -0.1) is 0 Å². The van der Waals surface area contributed by atoms with Gasteiger partial charge in [-0.3, -0.25) is 13.7 Å². The zero-order chi connectivity index (χ0) is 49.1. The number of anilines is 9. The molecule has 0 amide bonds. The third kappa shape index (κ3) is 14.1. The molecule has 6 aromatic rings. The Hall–Kier alpha value is -6.83. The lowest BCUT2D eigenvalue weighted by Crippen LogP contribution is -2.31. The standard InChI is InChI=1S/C40H44N12O13S3/c53-20-17-41-33(24-56)35-46-36(42-28-9-13-31(14-10-28)66(57,58)59)48-37(47-35)45-30-8-5-26(34(23-30)68(63,64)65)4-1-25-2-6-27(7-3-25)43-38-49-39(51-40(50-38)52(18-21-54)19-22-55)44-29-11-15-32(16-12-29)67(60,61)62/h1-16,23,33,41,53-56H,17-22,24H2,(H,57,58,59)(H,60,61,62)(H,63,64,65)(H2,42,45,46,47,48)(H2,43,44,49,50,51). The van der Waals surface area contributed by atoms with Gasteiger partial charge >= 0.3 is 0 Å². The molecule has 0 aliphatic carbocycles. The van der Waals surface area contributed by atoms with E-state index in [1.165, 1.54) is 59.5 Å². The molecule has 0 aliphatic heterocycles. The maximum Gasteiger partial charge on any atom is 0.295 e. The van der Waals surface area contributed by atoms with Gasteiger partial charge in [-0.25, -0.2) is 0 Å². The number of nitrogens with zero attached hydrogens (tertiary/aromatic N) is 7. The van der Waals surface area contributed by atoms with Crippen LogP contribution in [0.1, 0.15) is 23.0 Å². The molecular weight excluding hydrogens is 953 g/mol. The number of nitrogens with one attached hydrogen (secondary N) is 5. The van der Waals surface area contributed by atoms with Gasteiger partial charge < -0.3 is 51.9 Å². The van der Waals surface area contributed by atoms with Crippen LogP contribution in [-0.4, -0.2) is 135 Å².